The van der Waals surface area contributed by atoms with Crippen molar-refractivity contribution >= 4 is 11.8 Å². The standard InChI is InChI=1S/C6H5N5O2/c1-13-6(12)5-8-3-2-4(9-5)10-11-7/h2-3H,1H3. The van der Waals surface area contributed by atoms with E-state index in [2.05, 4.69) is 24.7 Å². The molecule has 1 heterocycles. The number of esters is 1. The number of carbonyl (C=O) groups is 1. The van der Waals surface area contributed by atoms with Gasteiger partial charge in [-0.2, -0.15) is 0 Å². The number of aromatic nitrogens is 2. The van der Waals surface area contributed by atoms with E-state index in [-0.39, 0.29) is 11.6 Å². The number of methoxy groups -OCH3 is 1. The predicted octanol–water partition coefficient (Wildman–Crippen LogP) is 1.20. The lowest BCUT2D eigenvalue weighted by atomic mass is 10.5. The monoisotopic (exact) mass is 179 g/mol. The zero-order chi connectivity index (χ0) is 9.68. The summed E-state index contributed by atoms with van der Waals surface area (Å²) in [5.74, 6) is -0.722. The second kappa shape index (κ2) is 4.03. The van der Waals surface area contributed by atoms with E-state index in [1.54, 1.807) is 0 Å². The van der Waals surface area contributed by atoms with Gasteiger partial charge in [-0.1, -0.05) is 0 Å². The van der Waals surface area contributed by atoms with Gasteiger partial charge in [0.15, 0.2) is 0 Å². The molecule has 0 amide bonds. The lowest BCUT2D eigenvalue weighted by Gasteiger charge is -1.96. The van der Waals surface area contributed by atoms with E-state index < -0.39 is 5.97 Å². The fraction of sp³-hybridized carbons (Fsp3) is 0.167. The van der Waals surface area contributed by atoms with Crippen LogP contribution in [0.15, 0.2) is 17.4 Å². The van der Waals surface area contributed by atoms with Crippen molar-refractivity contribution in [2.75, 3.05) is 7.11 Å². The average molecular weight is 179 g/mol. The zero-order valence-corrected chi connectivity index (χ0v) is 6.71. The lowest BCUT2D eigenvalue weighted by Crippen LogP contribution is -2.06. The summed E-state index contributed by atoms with van der Waals surface area (Å²) in [4.78, 5) is 20.7. The van der Waals surface area contributed by atoms with Gasteiger partial charge in [0.05, 0.1) is 7.11 Å². The molecule has 0 spiro atoms. The maximum Gasteiger partial charge on any atom is 0.376 e. The van der Waals surface area contributed by atoms with E-state index >= 15 is 0 Å². The van der Waals surface area contributed by atoms with Crippen molar-refractivity contribution in [1.82, 2.24) is 9.97 Å². The molecule has 0 bridgehead atoms. The molecule has 66 valence electrons. The van der Waals surface area contributed by atoms with Crippen LogP contribution in [0.3, 0.4) is 0 Å². The highest BCUT2D eigenvalue weighted by Gasteiger charge is 2.08. The zero-order valence-electron chi connectivity index (χ0n) is 6.71. The number of carbonyl (C=O) groups excluding carboxylic acids is 1. The van der Waals surface area contributed by atoms with Crippen molar-refractivity contribution in [3.8, 4) is 0 Å². The van der Waals surface area contributed by atoms with Crippen molar-refractivity contribution in [2.24, 2.45) is 5.11 Å². The van der Waals surface area contributed by atoms with E-state index in [9.17, 15) is 4.79 Å². The Morgan fingerprint density at radius 3 is 3.15 bits per heavy atom. The highest BCUT2D eigenvalue weighted by atomic mass is 16.5. The molecule has 0 radical (unpaired) electrons. The van der Waals surface area contributed by atoms with Crippen LogP contribution in [0.25, 0.3) is 10.4 Å². The summed E-state index contributed by atoms with van der Waals surface area (Å²) in [6, 6.07) is 1.38. The summed E-state index contributed by atoms with van der Waals surface area (Å²) in [6.07, 6.45) is 1.31. The summed E-state index contributed by atoms with van der Waals surface area (Å²) in [5.41, 5.74) is 8.09. The molecule has 0 aromatic carbocycles. The molecule has 0 N–H and O–H groups in total. The summed E-state index contributed by atoms with van der Waals surface area (Å²) < 4.78 is 4.37. The van der Waals surface area contributed by atoms with Gasteiger partial charge in [-0.15, -0.1) is 0 Å². The minimum Gasteiger partial charge on any atom is -0.463 e. The van der Waals surface area contributed by atoms with Gasteiger partial charge >= 0.3 is 5.97 Å². The molecule has 13 heavy (non-hydrogen) atoms. The largest absolute Gasteiger partial charge is 0.463 e. The Hall–Kier alpha value is -2.14. The van der Waals surface area contributed by atoms with Gasteiger partial charge in [0, 0.05) is 11.1 Å². The molecule has 0 saturated heterocycles. The van der Waals surface area contributed by atoms with E-state index in [4.69, 9.17) is 5.53 Å². The Labute approximate surface area is 73.0 Å². The molecular weight excluding hydrogens is 174 g/mol. The molecule has 1 rings (SSSR count). The van der Waals surface area contributed by atoms with Crippen molar-refractivity contribution < 1.29 is 9.53 Å². The number of hydrogen-bond acceptors (Lipinski definition) is 5. The molecule has 7 nitrogen and oxygen atoms in total. The molecule has 7 heteroatoms. The number of nitrogens with zero attached hydrogens (tertiary/aromatic N) is 5. The highest BCUT2D eigenvalue weighted by molar-refractivity contribution is 5.85. The normalized spacial score (nSPS) is 8.69. The van der Waals surface area contributed by atoms with Crippen LogP contribution in [-0.4, -0.2) is 23.0 Å². The van der Waals surface area contributed by atoms with E-state index in [0.29, 0.717) is 0 Å². The van der Waals surface area contributed by atoms with Gasteiger partial charge in [-0.05, 0) is 16.7 Å². The topological polar surface area (TPSA) is 101 Å². The molecule has 0 aliphatic carbocycles. The SMILES string of the molecule is COC(=O)c1nccc(N=[N+]=[N-])n1. The Kier molecular flexibility index (Phi) is 2.77. The van der Waals surface area contributed by atoms with E-state index in [1.807, 2.05) is 0 Å². The van der Waals surface area contributed by atoms with Gasteiger partial charge in [-0.25, -0.2) is 14.8 Å². The van der Waals surface area contributed by atoms with Gasteiger partial charge in [0.1, 0.15) is 5.82 Å². The van der Waals surface area contributed by atoms with Crippen LogP contribution in [0.4, 0.5) is 5.82 Å². The minimum absolute atomic E-state index is 0.0814. The summed E-state index contributed by atoms with van der Waals surface area (Å²) in [6.45, 7) is 0. The first-order valence-electron chi connectivity index (χ1n) is 3.24. The fourth-order valence-corrected chi connectivity index (χ4v) is 0.640. The molecule has 0 atom stereocenters. The van der Waals surface area contributed by atoms with Gasteiger partial charge < -0.3 is 4.74 Å². The predicted molar refractivity (Wildman–Crippen MR) is 42.2 cm³/mol. The first kappa shape index (κ1) is 8.95. The molecule has 1 aromatic heterocycles. The molecule has 0 aliphatic heterocycles. The van der Waals surface area contributed by atoms with Crippen molar-refractivity contribution in [3.63, 3.8) is 0 Å². The fourth-order valence-electron chi connectivity index (χ4n) is 0.640. The average Bonchev–Trinajstić information content (AvgIpc) is 2.18. The third-order valence-electron chi connectivity index (χ3n) is 1.16. The molecule has 0 saturated carbocycles. The lowest BCUT2D eigenvalue weighted by molar-refractivity contribution is 0.0587. The Morgan fingerprint density at radius 2 is 2.54 bits per heavy atom. The Morgan fingerprint density at radius 1 is 1.77 bits per heavy atom. The molecular formula is C6H5N5O2. The van der Waals surface area contributed by atoms with E-state index in [0.717, 1.165) is 0 Å². The molecule has 0 unspecified atom stereocenters. The second-order valence-electron chi connectivity index (χ2n) is 1.92. The maximum absolute atomic E-state index is 10.9. The first-order valence-corrected chi connectivity index (χ1v) is 3.24. The number of azide groups is 1. The van der Waals surface area contributed by atoms with Crippen LogP contribution >= 0.6 is 0 Å². The number of ether oxygens (including phenoxy) is 1. The Bertz CT molecular complexity index is 371. The quantitative estimate of drug-likeness (QED) is 0.294. The van der Waals surface area contributed by atoms with Gasteiger partial charge in [-0.3, -0.25) is 0 Å². The van der Waals surface area contributed by atoms with Crippen molar-refractivity contribution in [1.29, 1.82) is 0 Å². The van der Waals surface area contributed by atoms with Gasteiger partial charge in [0.2, 0.25) is 5.82 Å². The van der Waals surface area contributed by atoms with Gasteiger partial charge in [0.25, 0.3) is 0 Å². The maximum atomic E-state index is 10.9. The first-order chi connectivity index (χ1) is 6.27. The van der Waals surface area contributed by atoms with Crippen LogP contribution in [-0.2, 0) is 4.74 Å². The smallest absolute Gasteiger partial charge is 0.376 e. The second-order valence-corrected chi connectivity index (χ2v) is 1.92. The van der Waals surface area contributed by atoms with Crippen molar-refractivity contribution in [3.05, 3.63) is 28.5 Å². The molecule has 1 aromatic rings. The minimum atomic E-state index is -0.671. The number of rotatable bonds is 2. The van der Waals surface area contributed by atoms with Crippen LogP contribution in [0, 0.1) is 0 Å². The van der Waals surface area contributed by atoms with E-state index in [1.165, 1.54) is 19.4 Å². The summed E-state index contributed by atoms with van der Waals surface area (Å²) in [5, 5.41) is 3.21. The van der Waals surface area contributed by atoms with Crippen LogP contribution in [0.5, 0.6) is 0 Å². The van der Waals surface area contributed by atoms with Crippen LogP contribution in [0.2, 0.25) is 0 Å². The van der Waals surface area contributed by atoms with Crippen molar-refractivity contribution in [2.45, 2.75) is 0 Å². The van der Waals surface area contributed by atoms with Crippen LogP contribution < -0.4 is 0 Å². The molecule has 0 fully saturated rings. The summed E-state index contributed by atoms with van der Waals surface area (Å²) >= 11 is 0. The third kappa shape index (κ3) is 2.14. The Balaban J connectivity index is 3.04. The highest BCUT2D eigenvalue weighted by Crippen LogP contribution is 2.06. The third-order valence-corrected chi connectivity index (χ3v) is 1.16. The van der Waals surface area contributed by atoms with Crippen LogP contribution in [0.1, 0.15) is 10.6 Å². The summed E-state index contributed by atoms with van der Waals surface area (Å²) in [7, 11) is 1.21. The number of hydrogen-bond donors (Lipinski definition) is 0. The molecule has 0 aliphatic rings.